The Labute approximate surface area is 228 Å². The number of nitrogens with zero attached hydrogens (tertiary/aromatic N) is 4. The minimum Gasteiger partial charge on any atom is -0.361 e. The summed E-state index contributed by atoms with van der Waals surface area (Å²) in [6.07, 6.45) is 8.30. The van der Waals surface area contributed by atoms with Gasteiger partial charge in [-0.15, -0.1) is 10.2 Å². The van der Waals surface area contributed by atoms with E-state index in [0.29, 0.717) is 0 Å². The molecule has 2 N–H and O–H groups in total. The first-order chi connectivity index (χ1) is 19.3. The number of piperidine rings is 1. The number of aryl methyl sites for hydroxylation is 2. The molecule has 39 heavy (non-hydrogen) atoms. The molecule has 6 rings (SSSR count). The summed E-state index contributed by atoms with van der Waals surface area (Å²) < 4.78 is 2.27. The highest BCUT2D eigenvalue weighted by atomic mass is 16.1. The third kappa shape index (κ3) is 5.49. The van der Waals surface area contributed by atoms with Gasteiger partial charge in [-0.2, -0.15) is 0 Å². The second kappa shape index (κ2) is 11.7. The SMILES string of the molecule is O=[C]NC1CCN([C@H](Cc2c[nH]c3ccccc23)c2nnc(CCc3ccccc3)n2-c2ccccc2)CC1. The molecule has 3 aromatic carbocycles. The van der Waals surface area contributed by atoms with Gasteiger partial charge in [-0.05, 0) is 55.0 Å². The molecule has 7 nitrogen and oxygen atoms in total. The number of rotatable bonds is 10. The lowest BCUT2D eigenvalue weighted by Crippen LogP contribution is -2.44. The van der Waals surface area contributed by atoms with Crippen LogP contribution >= 0.6 is 0 Å². The Morgan fingerprint density at radius 3 is 2.38 bits per heavy atom. The number of hydrogen-bond donors (Lipinski definition) is 2. The molecule has 1 radical (unpaired) electrons. The Balaban J connectivity index is 1.38. The van der Waals surface area contributed by atoms with Gasteiger partial charge in [0.2, 0.25) is 0 Å². The molecule has 5 aromatic rings. The standard InChI is InChI=1S/C32H33N6O/c39-23-34-26-17-19-37(20-18-26)30(21-25-22-33-29-14-8-7-13-28(25)29)32-36-35-31(16-15-24-9-3-1-4-10-24)38(32)27-11-5-2-6-12-27/h1-14,22,26,30,33H,15-21H2,(H,34,39)/t30-/m1/s1. The first-order valence-electron chi connectivity index (χ1n) is 13.8. The minimum atomic E-state index is 0.0311. The van der Waals surface area contributed by atoms with Crippen LogP contribution in [0.4, 0.5) is 0 Å². The Morgan fingerprint density at radius 2 is 1.62 bits per heavy atom. The minimum absolute atomic E-state index is 0.0311. The van der Waals surface area contributed by atoms with Crippen LogP contribution in [0.1, 0.15) is 41.7 Å². The van der Waals surface area contributed by atoms with E-state index in [1.807, 2.05) is 12.5 Å². The van der Waals surface area contributed by atoms with Crippen LogP contribution in [0.2, 0.25) is 0 Å². The Hall–Kier alpha value is -4.23. The highest BCUT2D eigenvalue weighted by Gasteiger charge is 2.31. The number of para-hydroxylation sites is 2. The van der Waals surface area contributed by atoms with E-state index in [9.17, 15) is 4.79 Å². The normalized spacial score (nSPS) is 15.4. The zero-order valence-corrected chi connectivity index (χ0v) is 22.0. The van der Waals surface area contributed by atoms with Crippen molar-refractivity contribution in [2.45, 2.75) is 44.2 Å². The highest BCUT2D eigenvalue weighted by molar-refractivity contribution is 5.83. The number of amides is 1. The Morgan fingerprint density at radius 1 is 0.897 bits per heavy atom. The van der Waals surface area contributed by atoms with Crippen molar-refractivity contribution in [2.24, 2.45) is 0 Å². The molecule has 1 aliphatic rings. The fourth-order valence-corrected chi connectivity index (χ4v) is 5.80. The van der Waals surface area contributed by atoms with E-state index in [2.05, 4.69) is 105 Å². The summed E-state index contributed by atoms with van der Waals surface area (Å²) in [7, 11) is 0. The van der Waals surface area contributed by atoms with Crippen molar-refractivity contribution in [3.8, 4) is 5.69 Å². The molecule has 7 heteroatoms. The summed E-state index contributed by atoms with van der Waals surface area (Å²) in [5, 5.41) is 13.8. The van der Waals surface area contributed by atoms with Crippen molar-refractivity contribution < 1.29 is 4.79 Å². The maximum absolute atomic E-state index is 10.9. The average molecular weight is 518 g/mol. The monoisotopic (exact) mass is 517 g/mol. The number of aromatic nitrogens is 4. The number of benzene rings is 3. The maximum Gasteiger partial charge on any atom is 0.309 e. The fraction of sp³-hybridized carbons (Fsp3) is 0.281. The fourth-order valence-electron chi connectivity index (χ4n) is 5.80. The largest absolute Gasteiger partial charge is 0.361 e. The first-order valence-corrected chi connectivity index (χ1v) is 13.8. The summed E-state index contributed by atoms with van der Waals surface area (Å²) >= 11 is 0. The molecule has 1 fully saturated rings. The molecular formula is C32H33N6O. The van der Waals surface area contributed by atoms with Gasteiger partial charge in [-0.1, -0.05) is 66.7 Å². The van der Waals surface area contributed by atoms with E-state index in [1.54, 1.807) is 0 Å². The lowest BCUT2D eigenvalue weighted by Gasteiger charge is -2.37. The van der Waals surface area contributed by atoms with Gasteiger partial charge in [0.1, 0.15) is 5.82 Å². The summed E-state index contributed by atoms with van der Waals surface area (Å²) in [4.78, 5) is 16.9. The smallest absolute Gasteiger partial charge is 0.309 e. The van der Waals surface area contributed by atoms with E-state index in [-0.39, 0.29) is 12.1 Å². The highest BCUT2D eigenvalue weighted by Crippen LogP contribution is 2.32. The molecule has 1 amide bonds. The van der Waals surface area contributed by atoms with Crippen LogP contribution < -0.4 is 5.32 Å². The van der Waals surface area contributed by atoms with Crippen molar-refractivity contribution in [1.29, 1.82) is 0 Å². The number of H-pyrrole nitrogens is 1. The van der Waals surface area contributed by atoms with E-state index in [1.165, 1.54) is 16.5 Å². The van der Waals surface area contributed by atoms with Gasteiger partial charge >= 0.3 is 6.41 Å². The van der Waals surface area contributed by atoms with Gasteiger partial charge in [0.15, 0.2) is 5.82 Å². The summed E-state index contributed by atoms with van der Waals surface area (Å²) in [6.45, 7) is 1.74. The molecule has 197 valence electrons. The van der Waals surface area contributed by atoms with Crippen molar-refractivity contribution in [1.82, 2.24) is 30.0 Å². The summed E-state index contributed by atoms with van der Waals surface area (Å²) in [6, 6.07) is 29.7. The van der Waals surface area contributed by atoms with Crippen LogP contribution in [0.15, 0.2) is 91.1 Å². The van der Waals surface area contributed by atoms with E-state index >= 15 is 0 Å². The summed E-state index contributed by atoms with van der Waals surface area (Å²) in [5.74, 6) is 1.93. The predicted molar refractivity (Wildman–Crippen MR) is 153 cm³/mol. The molecule has 1 aliphatic heterocycles. The first kappa shape index (κ1) is 25.1. The zero-order valence-electron chi connectivity index (χ0n) is 22.0. The van der Waals surface area contributed by atoms with Gasteiger partial charge in [0.05, 0.1) is 6.04 Å². The molecule has 0 saturated carbocycles. The molecule has 1 saturated heterocycles. The molecule has 3 heterocycles. The zero-order chi connectivity index (χ0) is 26.4. The van der Waals surface area contributed by atoms with Crippen LogP contribution in [0, 0.1) is 0 Å². The predicted octanol–water partition coefficient (Wildman–Crippen LogP) is 4.94. The topological polar surface area (TPSA) is 78.8 Å². The van der Waals surface area contributed by atoms with Gasteiger partial charge in [0.25, 0.3) is 0 Å². The van der Waals surface area contributed by atoms with Gasteiger partial charge in [0, 0.05) is 48.3 Å². The molecule has 0 unspecified atom stereocenters. The number of fused-ring (bicyclic) bond motifs is 1. The third-order valence-electron chi connectivity index (χ3n) is 7.87. The second-order valence-electron chi connectivity index (χ2n) is 10.3. The van der Waals surface area contributed by atoms with Crippen LogP contribution in [0.25, 0.3) is 16.6 Å². The lowest BCUT2D eigenvalue weighted by molar-refractivity contribution is 0.140. The van der Waals surface area contributed by atoms with Crippen LogP contribution in [0.5, 0.6) is 0 Å². The molecule has 0 bridgehead atoms. The molecule has 1 atom stereocenters. The van der Waals surface area contributed by atoms with Crippen molar-refractivity contribution in [3.05, 3.63) is 114 Å². The second-order valence-corrected chi connectivity index (χ2v) is 10.3. The third-order valence-corrected chi connectivity index (χ3v) is 7.87. The van der Waals surface area contributed by atoms with Gasteiger partial charge in [-0.3, -0.25) is 14.3 Å². The Kier molecular flexibility index (Phi) is 7.50. The van der Waals surface area contributed by atoms with Crippen molar-refractivity contribution in [3.63, 3.8) is 0 Å². The molecule has 2 aromatic heterocycles. The average Bonchev–Trinajstić information content (AvgIpc) is 3.61. The van der Waals surface area contributed by atoms with Crippen molar-refractivity contribution in [2.75, 3.05) is 13.1 Å². The number of hydrogen-bond acceptors (Lipinski definition) is 4. The van der Waals surface area contributed by atoms with E-state index in [4.69, 9.17) is 10.2 Å². The van der Waals surface area contributed by atoms with Gasteiger partial charge < -0.3 is 10.3 Å². The maximum atomic E-state index is 10.9. The number of aromatic amines is 1. The molecule has 0 spiro atoms. The summed E-state index contributed by atoms with van der Waals surface area (Å²) in [5.41, 5.74) is 4.78. The lowest BCUT2D eigenvalue weighted by atomic mass is 9.98. The number of likely N-dealkylation sites (tertiary alicyclic amines) is 1. The molecule has 0 aliphatic carbocycles. The van der Waals surface area contributed by atoms with Crippen LogP contribution in [-0.4, -0.2) is 50.2 Å². The van der Waals surface area contributed by atoms with E-state index < -0.39 is 0 Å². The van der Waals surface area contributed by atoms with Crippen LogP contribution in [-0.2, 0) is 24.1 Å². The van der Waals surface area contributed by atoms with Gasteiger partial charge in [-0.25, -0.2) is 0 Å². The van der Waals surface area contributed by atoms with Crippen molar-refractivity contribution >= 4 is 17.3 Å². The number of carbonyl (C=O) groups excluding carboxylic acids is 1. The van der Waals surface area contributed by atoms with E-state index in [0.717, 1.165) is 68.0 Å². The van der Waals surface area contributed by atoms with Crippen LogP contribution in [0.3, 0.4) is 0 Å². The Bertz CT molecular complexity index is 1500. The quantitative estimate of drug-likeness (QED) is 0.257. The molecular weight excluding hydrogens is 484 g/mol. The number of nitrogens with one attached hydrogen (secondary N) is 2.